The first kappa shape index (κ1) is 23.3. The zero-order valence-electron chi connectivity index (χ0n) is 19.3. The summed E-state index contributed by atoms with van der Waals surface area (Å²) in [4.78, 5) is 28.0. The molecule has 0 saturated heterocycles. The highest BCUT2D eigenvalue weighted by molar-refractivity contribution is 6.36. The van der Waals surface area contributed by atoms with Gasteiger partial charge >= 0.3 is 0 Å². The Morgan fingerprint density at radius 1 is 0.938 bits per heavy atom. The summed E-state index contributed by atoms with van der Waals surface area (Å²) in [5, 5.41) is 3.16. The van der Waals surface area contributed by atoms with Gasteiger partial charge in [-0.15, -0.1) is 0 Å². The Bertz CT molecular complexity index is 1040. The van der Waals surface area contributed by atoms with Crippen LogP contribution in [0.5, 0.6) is 11.5 Å². The van der Waals surface area contributed by atoms with E-state index in [1.807, 2.05) is 39.0 Å². The van der Waals surface area contributed by atoms with Crippen molar-refractivity contribution in [1.29, 1.82) is 0 Å². The number of ether oxygens (including phenoxy) is 3. The van der Waals surface area contributed by atoms with E-state index in [4.69, 9.17) is 14.2 Å². The molecule has 0 spiro atoms. The van der Waals surface area contributed by atoms with Gasteiger partial charge in [0.15, 0.2) is 0 Å². The van der Waals surface area contributed by atoms with Crippen molar-refractivity contribution in [2.75, 3.05) is 39.3 Å². The van der Waals surface area contributed by atoms with Gasteiger partial charge in [-0.1, -0.05) is 18.2 Å². The third kappa shape index (κ3) is 4.78. The number of anilines is 1. The van der Waals surface area contributed by atoms with E-state index in [9.17, 15) is 9.59 Å². The lowest BCUT2D eigenvalue weighted by atomic mass is 9.99. The molecular formula is C25H30N2O5. The van der Waals surface area contributed by atoms with Crippen LogP contribution in [0.2, 0.25) is 0 Å². The summed E-state index contributed by atoms with van der Waals surface area (Å²) in [6.07, 6.45) is 0.571. The summed E-state index contributed by atoms with van der Waals surface area (Å²) in [5.41, 5.74) is 3.97. The summed E-state index contributed by atoms with van der Waals surface area (Å²) < 4.78 is 16.1. The lowest BCUT2D eigenvalue weighted by Gasteiger charge is -2.16. The molecule has 0 aliphatic carbocycles. The Morgan fingerprint density at radius 2 is 1.72 bits per heavy atom. The van der Waals surface area contributed by atoms with Gasteiger partial charge in [-0.3, -0.25) is 14.5 Å². The molecule has 0 bridgehead atoms. The first-order chi connectivity index (χ1) is 15.4. The number of hydrogen-bond acceptors (Lipinski definition) is 6. The number of amides is 2. The molecule has 1 N–H and O–H groups in total. The molecule has 1 aliphatic rings. The van der Waals surface area contributed by atoms with E-state index in [1.54, 1.807) is 32.4 Å². The van der Waals surface area contributed by atoms with Gasteiger partial charge in [-0.2, -0.15) is 0 Å². The molecule has 7 nitrogen and oxygen atoms in total. The van der Waals surface area contributed by atoms with Crippen molar-refractivity contribution in [3.05, 3.63) is 58.8 Å². The Labute approximate surface area is 189 Å². The number of nitrogens with one attached hydrogen (secondary N) is 1. The molecule has 2 amide bonds. The van der Waals surface area contributed by atoms with Crippen LogP contribution in [0.4, 0.5) is 5.69 Å². The second-order valence-corrected chi connectivity index (χ2v) is 7.55. The van der Waals surface area contributed by atoms with Gasteiger partial charge in [0.25, 0.3) is 11.8 Å². The minimum Gasteiger partial charge on any atom is -0.497 e. The van der Waals surface area contributed by atoms with Gasteiger partial charge in [0, 0.05) is 25.8 Å². The summed E-state index contributed by atoms with van der Waals surface area (Å²) in [6.45, 7) is 7.27. The monoisotopic (exact) mass is 438 g/mol. The lowest BCUT2D eigenvalue weighted by Crippen LogP contribution is -2.34. The normalized spacial score (nSPS) is 13.7. The van der Waals surface area contributed by atoms with E-state index in [0.717, 1.165) is 11.1 Å². The molecule has 1 heterocycles. The van der Waals surface area contributed by atoms with Crippen LogP contribution >= 0.6 is 0 Å². The second kappa shape index (κ2) is 10.3. The predicted molar refractivity (Wildman–Crippen MR) is 124 cm³/mol. The van der Waals surface area contributed by atoms with Crippen LogP contribution in [-0.4, -0.2) is 50.7 Å². The minimum absolute atomic E-state index is 0.223. The zero-order valence-corrected chi connectivity index (χ0v) is 19.3. The van der Waals surface area contributed by atoms with Gasteiger partial charge in [-0.05, 0) is 56.0 Å². The molecule has 32 heavy (non-hydrogen) atoms. The topological polar surface area (TPSA) is 77.1 Å². The molecule has 170 valence electrons. The van der Waals surface area contributed by atoms with E-state index in [1.165, 1.54) is 4.90 Å². The summed E-state index contributed by atoms with van der Waals surface area (Å²) in [6, 6.07) is 11.0. The average molecular weight is 439 g/mol. The molecular weight excluding hydrogens is 408 g/mol. The molecule has 3 rings (SSSR count). The van der Waals surface area contributed by atoms with Crippen LogP contribution in [0.3, 0.4) is 0 Å². The van der Waals surface area contributed by atoms with Crippen molar-refractivity contribution in [3.63, 3.8) is 0 Å². The third-order valence-electron chi connectivity index (χ3n) is 5.50. The molecule has 0 fully saturated rings. The van der Waals surface area contributed by atoms with E-state index in [-0.39, 0.29) is 24.1 Å². The van der Waals surface area contributed by atoms with E-state index >= 15 is 0 Å². The molecule has 0 atom stereocenters. The highest BCUT2D eigenvalue weighted by Crippen LogP contribution is 2.35. The molecule has 0 saturated carbocycles. The highest BCUT2D eigenvalue weighted by Gasteiger charge is 2.39. The fourth-order valence-electron chi connectivity index (χ4n) is 3.58. The molecule has 1 aliphatic heterocycles. The van der Waals surface area contributed by atoms with Crippen molar-refractivity contribution < 1.29 is 23.8 Å². The van der Waals surface area contributed by atoms with Gasteiger partial charge in [0.05, 0.1) is 25.5 Å². The van der Waals surface area contributed by atoms with Crippen LogP contribution in [0.15, 0.2) is 42.1 Å². The number of nitrogens with zero attached hydrogens (tertiary/aromatic N) is 1. The number of carbonyl (C=O) groups is 2. The third-order valence-corrected chi connectivity index (χ3v) is 5.50. The fourth-order valence-corrected chi connectivity index (χ4v) is 3.58. The van der Waals surface area contributed by atoms with Gasteiger partial charge < -0.3 is 19.5 Å². The Morgan fingerprint density at radius 3 is 2.38 bits per heavy atom. The molecule has 2 aromatic carbocycles. The van der Waals surface area contributed by atoms with Crippen LogP contribution in [0.25, 0.3) is 5.57 Å². The first-order valence-electron chi connectivity index (χ1n) is 10.7. The van der Waals surface area contributed by atoms with Crippen molar-refractivity contribution in [2.24, 2.45) is 0 Å². The van der Waals surface area contributed by atoms with Crippen molar-refractivity contribution in [1.82, 2.24) is 4.90 Å². The summed E-state index contributed by atoms with van der Waals surface area (Å²) in [7, 11) is 3.11. The molecule has 2 aromatic rings. The number of benzene rings is 2. The second-order valence-electron chi connectivity index (χ2n) is 7.55. The van der Waals surface area contributed by atoms with Crippen LogP contribution < -0.4 is 14.8 Å². The summed E-state index contributed by atoms with van der Waals surface area (Å²) >= 11 is 0. The van der Waals surface area contributed by atoms with Crippen molar-refractivity contribution >= 4 is 23.1 Å². The number of aryl methyl sites for hydroxylation is 2. The Balaban J connectivity index is 2.04. The van der Waals surface area contributed by atoms with Crippen molar-refractivity contribution in [3.8, 4) is 11.5 Å². The van der Waals surface area contributed by atoms with E-state index < -0.39 is 0 Å². The Hall–Kier alpha value is -3.32. The SMILES string of the molecule is CCOCCCN1C(=O)C(Nc2cc(OC)ccc2OC)=C(c2ccc(C)c(C)c2)C1=O. The summed E-state index contributed by atoms with van der Waals surface area (Å²) in [5.74, 6) is 0.448. The van der Waals surface area contributed by atoms with Gasteiger partial charge in [0.1, 0.15) is 17.2 Å². The quantitative estimate of drug-likeness (QED) is 0.447. The maximum Gasteiger partial charge on any atom is 0.278 e. The largest absolute Gasteiger partial charge is 0.497 e. The Kier molecular flexibility index (Phi) is 7.53. The van der Waals surface area contributed by atoms with Crippen LogP contribution in [0, 0.1) is 13.8 Å². The minimum atomic E-state index is -0.371. The smallest absolute Gasteiger partial charge is 0.278 e. The number of imide groups is 1. The maximum absolute atomic E-state index is 13.4. The standard InChI is InChI=1S/C25H30N2O5/c1-6-32-13-7-12-27-24(28)22(18-9-8-16(2)17(3)14-18)23(25(27)29)26-20-15-19(30-4)10-11-21(20)31-5/h8-11,14-15,26H,6-7,12-13H2,1-5H3. The number of methoxy groups -OCH3 is 2. The van der Waals surface area contributed by atoms with Crippen LogP contribution in [0.1, 0.15) is 30.0 Å². The molecule has 7 heteroatoms. The lowest BCUT2D eigenvalue weighted by molar-refractivity contribution is -0.137. The van der Waals surface area contributed by atoms with E-state index in [0.29, 0.717) is 48.0 Å². The average Bonchev–Trinajstić information content (AvgIpc) is 3.02. The molecule has 0 unspecified atom stereocenters. The van der Waals surface area contributed by atoms with Crippen LogP contribution in [-0.2, 0) is 14.3 Å². The molecule has 0 aromatic heterocycles. The highest BCUT2D eigenvalue weighted by atomic mass is 16.5. The van der Waals surface area contributed by atoms with E-state index in [2.05, 4.69) is 5.32 Å². The number of hydrogen-bond donors (Lipinski definition) is 1. The number of rotatable bonds is 10. The van der Waals surface area contributed by atoms with Gasteiger partial charge in [-0.25, -0.2) is 0 Å². The van der Waals surface area contributed by atoms with Gasteiger partial charge in [0.2, 0.25) is 0 Å². The zero-order chi connectivity index (χ0) is 23.3. The molecule has 0 radical (unpaired) electrons. The van der Waals surface area contributed by atoms with Crippen molar-refractivity contribution in [2.45, 2.75) is 27.2 Å². The first-order valence-corrected chi connectivity index (χ1v) is 10.7. The maximum atomic E-state index is 13.4. The number of carbonyl (C=O) groups excluding carboxylic acids is 2. The predicted octanol–water partition coefficient (Wildman–Crippen LogP) is 3.94. The fraction of sp³-hybridized carbons (Fsp3) is 0.360.